The van der Waals surface area contributed by atoms with Gasteiger partial charge in [0.1, 0.15) is 0 Å². The summed E-state index contributed by atoms with van der Waals surface area (Å²) in [5, 5.41) is 4.04. The van der Waals surface area contributed by atoms with Crippen molar-refractivity contribution in [1.82, 2.24) is 0 Å². The van der Waals surface area contributed by atoms with Crippen molar-refractivity contribution in [3.05, 3.63) is 45.6 Å². The van der Waals surface area contributed by atoms with Crippen LogP contribution in [0.4, 0.5) is 0 Å². The fraction of sp³-hybridized carbons (Fsp3) is 0.200. The number of thiophene rings is 1. The summed E-state index contributed by atoms with van der Waals surface area (Å²) in [5.41, 5.74) is 25.5. The maximum atomic E-state index is 5.87. The Labute approximate surface area is 93.2 Å². The number of hydrogen-bond donors (Lipinski definition) is 4. The zero-order valence-electron chi connectivity index (χ0n) is 8.44. The van der Waals surface area contributed by atoms with Crippen molar-refractivity contribution in [2.75, 3.05) is 6.54 Å². The van der Waals surface area contributed by atoms with Crippen molar-refractivity contribution < 1.29 is 0 Å². The van der Waals surface area contributed by atoms with Crippen LogP contribution in [0.25, 0.3) is 0 Å². The van der Waals surface area contributed by atoms with Gasteiger partial charge in [0.15, 0.2) is 0 Å². The first-order valence-corrected chi connectivity index (χ1v) is 5.49. The Hall–Kier alpha value is -1.46. The second-order valence-electron chi connectivity index (χ2n) is 3.14. The molecule has 0 spiro atoms. The molecule has 82 valence electrons. The highest BCUT2D eigenvalue weighted by molar-refractivity contribution is 7.07. The summed E-state index contributed by atoms with van der Waals surface area (Å²) in [6.45, 7) is 0.298. The van der Waals surface area contributed by atoms with E-state index >= 15 is 0 Å². The summed E-state index contributed by atoms with van der Waals surface area (Å²) >= 11 is 1.63. The van der Waals surface area contributed by atoms with Gasteiger partial charge in [0.05, 0.1) is 5.70 Å². The van der Waals surface area contributed by atoms with Gasteiger partial charge >= 0.3 is 0 Å². The molecule has 0 fully saturated rings. The van der Waals surface area contributed by atoms with Gasteiger partial charge in [0.25, 0.3) is 0 Å². The second-order valence-corrected chi connectivity index (χ2v) is 3.92. The molecule has 0 saturated carbocycles. The molecule has 1 heterocycles. The predicted molar refractivity (Wildman–Crippen MR) is 64.7 cm³/mol. The van der Waals surface area contributed by atoms with Gasteiger partial charge < -0.3 is 22.9 Å². The van der Waals surface area contributed by atoms with E-state index in [0.717, 1.165) is 5.56 Å². The fourth-order valence-electron chi connectivity index (χ4n) is 1.18. The molecule has 0 aliphatic carbocycles. The van der Waals surface area contributed by atoms with Crippen molar-refractivity contribution in [2.45, 2.75) is 6.42 Å². The highest BCUT2D eigenvalue weighted by Crippen LogP contribution is 2.12. The molecule has 0 radical (unpaired) electrons. The third kappa shape index (κ3) is 3.00. The van der Waals surface area contributed by atoms with Gasteiger partial charge in [-0.2, -0.15) is 11.3 Å². The topological polar surface area (TPSA) is 104 Å². The SMILES string of the molecule is N/C=C(CN)\C(N)=C(/N)Cc1ccsc1. The molecule has 0 aliphatic rings. The molecule has 8 N–H and O–H groups in total. The lowest BCUT2D eigenvalue weighted by atomic mass is 10.1. The summed E-state index contributed by atoms with van der Waals surface area (Å²) in [5.74, 6) is 0. The summed E-state index contributed by atoms with van der Waals surface area (Å²) in [4.78, 5) is 0. The predicted octanol–water partition coefficient (Wildman–Crippen LogP) is 0.221. The minimum atomic E-state index is 0.298. The molecule has 15 heavy (non-hydrogen) atoms. The molecule has 1 rings (SSSR count). The monoisotopic (exact) mass is 224 g/mol. The van der Waals surface area contributed by atoms with Crippen LogP contribution >= 0.6 is 11.3 Å². The van der Waals surface area contributed by atoms with Crippen LogP contribution in [0, 0.1) is 0 Å². The highest BCUT2D eigenvalue weighted by Gasteiger charge is 2.05. The molecule has 0 aromatic carbocycles. The number of nitrogens with two attached hydrogens (primary N) is 4. The number of hydrogen-bond acceptors (Lipinski definition) is 5. The van der Waals surface area contributed by atoms with Gasteiger partial charge in [-0.1, -0.05) is 0 Å². The summed E-state index contributed by atoms with van der Waals surface area (Å²) in [7, 11) is 0. The van der Waals surface area contributed by atoms with Crippen LogP contribution in [-0.4, -0.2) is 6.54 Å². The minimum Gasteiger partial charge on any atom is -0.404 e. The Bertz CT molecular complexity index is 365. The van der Waals surface area contributed by atoms with E-state index in [-0.39, 0.29) is 0 Å². The van der Waals surface area contributed by atoms with Crippen LogP contribution in [0.3, 0.4) is 0 Å². The first-order valence-electron chi connectivity index (χ1n) is 4.55. The molecule has 0 aliphatic heterocycles. The van der Waals surface area contributed by atoms with Gasteiger partial charge in [-0.05, 0) is 22.4 Å². The first kappa shape index (κ1) is 11.6. The normalized spacial score (nSPS) is 13.8. The van der Waals surface area contributed by atoms with Crippen molar-refractivity contribution in [2.24, 2.45) is 22.9 Å². The summed E-state index contributed by atoms with van der Waals surface area (Å²) in [6.07, 6.45) is 2.03. The summed E-state index contributed by atoms with van der Waals surface area (Å²) < 4.78 is 0. The fourth-order valence-corrected chi connectivity index (χ4v) is 1.85. The van der Waals surface area contributed by atoms with Crippen molar-refractivity contribution in [3.63, 3.8) is 0 Å². The third-order valence-corrected chi connectivity index (χ3v) is 2.82. The smallest absolute Gasteiger partial charge is 0.0568 e. The molecule has 0 saturated heterocycles. The first-order chi connectivity index (χ1) is 7.19. The molecule has 4 nitrogen and oxygen atoms in total. The summed E-state index contributed by atoms with van der Waals surface area (Å²) in [6, 6.07) is 2.01. The van der Waals surface area contributed by atoms with E-state index < -0.39 is 0 Å². The van der Waals surface area contributed by atoms with E-state index in [2.05, 4.69) is 0 Å². The van der Waals surface area contributed by atoms with Gasteiger partial charge in [-0.15, -0.1) is 0 Å². The van der Waals surface area contributed by atoms with E-state index in [1.807, 2.05) is 16.8 Å². The average Bonchev–Trinajstić information content (AvgIpc) is 2.72. The second kappa shape index (κ2) is 5.43. The van der Waals surface area contributed by atoms with Crippen LogP contribution in [-0.2, 0) is 6.42 Å². The van der Waals surface area contributed by atoms with Gasteiger partial charge in [-0.25, -0.2) is 0 Å². The number of rotatable bonds is 4. The van der Waals surface area contributed by atoms with Crippen LogP contribution in [0.5, 0.6) is 0 Å². The zero-order chi connectivity index (χ0) is 11.3. The van der Waals surface area contributed by atoms with E-state index in [1.165, 1.54) is 6.20 Å². The Kier molecular flexibility index (Phi) is 4.20. The van der Waals surface area contributed by atoms with Crippen LogP contribution in [0.1, 0.15) is 5.56 Å². The highest BCUT2D eigenvalue weighted by atomic mass is 32.1. The molecular weight excluding hydrogens is 208 g/mol. The lowest BCUT2D eigenvalue weighted by molar-refractivity contribution is 1.02. The van der Waals surface area contributed by atoms with Crippen LogP contribution in [0.2, 0.25) is 0 Å². The van der Waals surface area contributed by atoms with E-state index in [9.17, 15) is 0 Å². The molecule has 0 bridgehead atoms. The molecule has 0 atom stereocenters. The van der Waals surface area contributed by atoms with Crippen LogP contribution in [0.15, 0.2) is 40.0 Å². The molecule has 0 unspecified atom stereocenters. The lowest BCUT2D eigenvalue weighted by Crippen LogP contribution is -2.19. The number of allylic oxidation sites excluding steroid dienone is 1. The Morgan fingerprint density at radius 1 is 1.40 bits per heavy atom. The maximum absolute atomic E-state index is 5.87. The van der Waals surface area contributed by atoms with Gasteiger partial charge in [0.2, 0.25) is 0 Å². The molecule has 5 heteroatoms. The average molecular weight is 224 g/mol. The van der Waals surface area contributed by atoms with E-state index in [0.29, 0.717) is 29.9 Å². The van der Waals surface area contributed by atoms with Crippen molar-refractivity contribution in [3.8, 4) is 0 Å². The lowest BCUT2D eigenvalue weighted by Gasteiger charge is -2.08. The van der Waals surface area contributed by atoms with E-state index in [1.54, 1.807) is 11.3 Å². The van der Waals surface area contributed by atoms with Crippen LogP contribution < -0.4 is 22.9 Å². The molecular formula is C10H16N4S. The quantitative estimate of drug-likeness (QED) is 0.549. The van der Waals surface area contributed by atoms with Gasteiger partial charge in [0, 0.05) is 30.4 Å². The molecule has 1 aromatic rings. The minimum absolute atomic E-state index is 0.298. The molecule has 0 amide bonds. The zero-order valence-corrected chi connectivity index (χ0v) is 9.26. The third-order valence-electron chi connectivity index (χ3n) is 2.09. The van der Waals surface area contributed by atoms with Crippen molar-refractivity contribution in [1.29, 1.82) is 0 Å². The maximum Gasteiger partial charge on any atom is 0.0568 e. The van der Waals surface area contributed by atoms with Crippen molar-refractivity contribution >= 4 is 11.3 Å². The van der Waals surface area contributed by atoms with Gasteiger partial charge in [-0.3, -0.25) is 0 Å². The van der Waals surface area contributed by atoms with E-state index in [4.69, 9.17) is 22.9 Å². The Morgan fingerprint density at radius 2 is 2.13 bits per heavy atom. The largest absolute Gasteiger partial charge is 0.404 e. The Morgan fingerprint density at radius 3 is 2.60 bits per heavy atom. The Balaban J connectivity index is 2.81. The molecule has 1 aromatic heterocycles. The standard InChI is InChI=1S/C10H16N4S/c11-4-8(5-12)10(14)9(13)3-7-1-2-15-6-7/h1-2,4,6H,3,5,11-14H2/b8-4-,10-9+.